The highest BCUT2D eigenvalue weighted by Gasteiger charge is 2.33. The minimum atomic E-state index is -0.521. The van der Waals surface area contributed by atoms with Crippen molar-refractivity contribution in [1.82, 2.24) is 5.32 Å². The van der Waals surface area contributed by atoms with Crippen LogP contribution in [0.25, 0.3) is 0 Å². The fourth-order valence-electron chi connectivity index (χ4n) is 2.20. The summed E-state index contributed by atoms with van der Waals surface area (Å²) >= 11 is 0. The molecule has 1 atom stereocenters. The monoisotopic (exact) mass is 216 g/mol. The van der Waals surface area contributed by atoms with Crippen LogP contribution in [0, 0.1) is 11.3 Å². The average Bonchev–Trinajstić information content (AvgIpc) is 2.39. The Morgan fingerprint density at radius 3 is 2.94 bits per heavy atom. The smallest absolute Gasteiger partial charge is 0.132 e. The maximum atomic E-state index is 9.41. The van der Waals surface area contributed by atoms with E-state index in [1.165, 1.54) is 0 Å². The molecule has 16 heavy (non-hydrogen) atoms. The highest BCUT2D eigenvalue weighted by molar-refractivity contribution is 5.37. The minimum Gasteiger partial charge on any atom is -0.497 e. The Hall–Kier alpha value is -1.53. The summed E-state index contributed by atoms with van der Waals surface area (Å²) in [6, 6.07) is 10.2. The Morgan fingerprint density at radius 1 is 1.44 bits per heavy atom. The first-order chi connectivity index (χ1) is 7.80. The van der Waals surface area contributed by atoms with E-state index in [-0.39, 0.29) is 0 Å². The number of nitriles is 1. The molecule has 1 unspecified atom stereocenters. The lowest BCUT2D eigenvalue weighted by Crippen LogP contribution is -2.44. The molecule has 3 nitrogen and oxygen atoms in total. The van der Waals surface area contributed by atoms with Crippen LogP contribution in [-0.4, -0.2) is 13.7 Å². The van der Waals surface area contributed by atoms with E-state index in [0.717, 1.165) is 37.1 Å². The molecule has 1 fully saturated rings. The third-order valence-electron chi connectivity index (χ3n) is 3.16. The maximum Gasteiger partial charge on any atom is 0.132 e. The van der Waals surface area contributed by atoms with E-state index in [9.17, 15) is 5.26 Å². The molecule has 0 spiro atoms. The maximum absolute atomic E-state index is 9.41. The zero-order valence-corrected chi connectivity index (χ0v) is 9.49. The molecule has 1 aliphatic rings. The predicted molar refractivity (Wildman–Crippen MR) is 62.1 cm³/mol. The number of piperidine rings is 1. The van der Waals surface area contributed by atoms with Gasteiger partial charge in [0.25, 0.3) is 0 Å². The molecule has 1 aliphatic heterocycles. The lowest BCUT2D eigenvalue weighted by Gasteiger charge is -2.32. The second-order valence-electron chi connectivity index (χ2n) is 4.13. The fourth-order valence-corrected chi connectivity index (χ4v) is 2.20. The number of methoxy groups -OCH3 is 1. The minimum absolute atomic E-state index is 0.521. The molecule has 0 radical (unpaired) electrons. The molecule has 0 aromatic heterocycles. The normalized spacial score (nSPS) is 24.8. The molecule has 84 valence electrons. The van der Waals surface area contributed by atoms with Crippen molar-refractivity contribution >= 4 is 0 Å². The number of ether oxygens (including phenoxy) is 1. The molecular weight excluding hydrogens is 200 g/mol. The van der Waals surface area contributed by atoms with Crippen LogP contribution in [0.1, 0.15) is 24.8 Å². The molecule has 1 N–H and O–H groups in total. The van der Waals surface area contributed by atoms with Crippen LogP contribution in [-0.2, 0) is 5.54 Å². The van der Waals surface area contributed by atoms with Crippen molar-refractivity contribution in [3.8, 4) is 11.8 Å². The lowest BCUT2D eigenvalue weighted by molar-refractivity contribution is 0.328. The topological polar surface area (TPSA) is 45.0 Å². The van der Waals surface area contributed by atoms with E-state index in [0.29, 0.717) is 0 Å². The van der Waals surface area contributed by atoms with E-state index in [2.05, 4.69) is 11.4 Å². The molecule has 2 rings (SSSR count). The SMILES string of the molecule is COc1cccc(C2(C#N)CCCCN2)c1. The first-order valence-electron chi connectivity index (χ1n) is 5.61. The number of benzene rings is 1. The van der Waals surface area contributed by atoms with Crippen LogP contribution in [0.5, 0.6) is 5.75 Å². The average molecular weight is 216 g/mol. The standard InChI is InChI=1S/C13H16N2O/c1-16-12-6-4-5-11(9-12)13(10-14)7-2-3-8-15-13/h4-6,9,15H,2-3,7-8H2,1H3. The molecule has 1 saturated heterocycles. The first-order valence-corrected chi connectivity index (χ1v) is 5.61. The van der Waals surface area contributed by atoms with Crippen LogP contribution < -0.4 is 10.1 Å². The first kappa shape index (κ1) is 11.0. The Morgan fingerprint density at radius 2 is 2.31 bits per heavy atom. The van der Waals surface area contributed by atoms with Crippen molar-refractivity contribution in [2.24, 2.45) is 0 Å². The third-order valence-corrected chi connectivity index (χ3v) is 3.16. The van der Waals surface area contributed by atoms with E-state index in [1.807, 2.05) is 24.3 Å². The van der Waals surface area contributed by atoms with E-state index >= 15 is 0 Å². The molecule has 0 amide bonds. The molecule has 1 aromatic carbocycles. The van der Waals surface area contributed by atoms with Gasteiger partial charge in [-0.1, -0.05) is 12.1 Å². The van der Waals surface area contributed by atoms with Gasteiger partial charge in [0.1, 0.15) is 11.3 Å². The summed E-state index contributed by atoms with van der Waals surface area (Å²) in [6.45, 7) is 0.908. The molecule has 1 aromatic rings. The number of nitrogens with one attached hydrogen (secondary N) is 1. The van der Waals surface area contributed by atoms with Crippen molar-refractivity contribution in [1.29, 1.82) is 5.26 Å². The van der Waals surface area contributed by atoms with Crippen molar-refractivity contribution in [2.75, 3.05) is 13.7 Å². The molecule has 1 heterocycles. The molecular formula is C13H16N2O. The van der Waals surface area contributed by atoms with Crippen LogP contribution in [0.3, 0.4) is 0 Å². The largest absolute Gasteiger partial charge is 0.497 e. The fraction of sp³-hybridized carbons (Fsp3) is 0.462. The highest BCUT2D eigenvalue weighted by Crippen LogP contribution is 2.31. The van der Waals surface area contributed by atoms with Crippen LogP contribution in [0.2, 0.25) is 0 Å². The lowest BCUT2D eigenvalue weighted by atomic mass is 9.83. The molecule has 3 heteroatoms. The quantitative estimate of drug-likeness (QED) is 0.824. The Bertz CT molecular complexity index is 403. The van der Waals surface area contributed by atoms with E-state index in [1.54, 1.807) is 7.11 Å². The Balaban J connectivity index is 2.36. The van der Waals surface area contributed by atoms with Crippen molar-refractivity contribution < 1.29 is 4.74 Å². The molecule has 0 bridgehead atoms. The van der Waals surface area contributed by atoms with Gasteiger partial charge in [0, 0.05) is 0 Å². The summed E-state index contributed by atoms with van der Waals surface area (Å²) in [5.41, 5.74) is 0.487. The van der Waals surface area contributed by atoms with Crippen molar-refractivity contribution in [2.45, 2.75) is 24.8 Å². The van der Waals surface area contributed by atoms with Gasteiger partial charge in [0.05, 0.1) is 13.2 Å². The molecule has 0 aliphatic carbocycles. The van der Waals surface area contributed by atoms with Gasteiger partial charge in [-0.25, -0.2) is 0 Å². The summed E-state index contributed by atoms with van der Waals surface area (Å²) in [5.74, 6) is 0.805. The summed E-state index contributed by atoms with van der Waals surface area (Å²) in [6.07, 6.45) is 3.11. The van der Waals surface area contributed by atoms with Gasteiger partial charge in [-0.3, -0.25) is 5.32 Å². The van der Waals surface area contributed by atoms with Gasteiger partial charge < -0.3 is 4.74 Å². The Kier molecular flexibility index (Phi) is 3.12. The number of hydrogen-bond donors (Lipinski definition) is 1. The van der Waals surface area contributed by atoms with E-state index < -0.39 is 5.54 Å². The third kappa shape index (κ3) is 1.89. The second-order valence-corrected chi connectivity index (χ2v) is 4.13. The van der Waals surface area contributed by atoms with Gasteiger partial charge in [0.15, 0.2) is 0 Å². The zero-order valence-electron chi connectivity index (χ0n) is 9.49. The van der Waals surface area contributed by atoms with Crippen LogP contribution in [0.15, 0.2) is 24.3 Å². The highest BCUT2D eigenvalue weighted by atomic mass is 16.5. The number of hydrogen-bond acceptors (Lipinski definition) is 3. The molecule has 0 saturated carbocycles. The van der Waals surface area contributed by atoms with Crippen molar-refractivity contribution in [3.63, 3.8) is 0 Å². The van der Waals surface area contributed by atoms with Gasteiger partial charge in [0.2, 0.25) is 0 Å². The summed E-state index contributed by atoms with van der Waals surface area (Å²) in [4.78, 5) is 0. The zero-order chi connectivity index (χ0) is 11.4. The Labute approximate surface area is 96.0 Å². The summed E-state index contributed by atoms with van der Waals surface area (Å²) in [5, 5.41) is 12.7. The van der Waals surface area contributed by atoms with E-state index in [4.69, 9.17) is 4.74 Å². The van der Waals surface area contributed by atoms with Crippen LogP contribution in [0.4, 0.5) is 0 Å². The summed E-state index contributed by atoms with van der Waals surface area (Å²) < 4.78 is 5.20. The van der Waals surface area contributed by atoms with Gasteiger partial charge in [-0.2, -0.15) is 5.26 Å². The number of nitrogens with zero attached hydrogens (tertiary/aromatic N) is 1. The van der Waals surface area contributed by atoms with Crippen LogP contribution >= 0.6 is 0 Å². The van der Waals surface area contributed by atoms with Gasteiger partial charge >= 0.3 is 0 Å². The van der Waals surface area contributed by atoms with Gasteiger partial charge in [-0.05, 0) is 43.5 Å². The predicted octanol–water partition coefficient (Wildman–Crippen LogP) is 2.19. The number of rotatable bonds is 2. The van der Waals surface area contributed by atoms with Crippen molar-refractivity contribution in [3.05, 3.63) is 29.8 Å². The van der Waals surface area contributed by atoms with Gasteiger partial charge in [-0.15, -0.1) is 0 Å². The second kappa shape index (κ2) is 4.54. The summed E-state index contributed by atoms with van der Waals surface area (Å²) in [7, 11) is 1.65.